The summed E-state index contributed by atoms with van der Waals surface area (Å²) >= 11 is 0. The smallest absolute Gasteiger partial charge is 0.214 e. The van der Waals surface area contributed by atoms with Gasteiger partial charge < -0.3 is 20.4 Å². The molecule has 172 valence electrons. The van der Waals surface area contributed by atoms with Gasteiger partial charge in [0.1, 0.15) is 17.4 Å². The molecule has 0 amide bonds. The lowest BCUT2D eigenvalue weighted by Gasteiger charge is -2.08. The van der Waals surface area contributed by atoms with Crippen LogP contribution in [-0.4, -0.2) is 37.6 Å². The van der Waals surface area contributed by atoms with Crippen molar-refractivity contribution in [3.8, 4) is 22.6 Å². The number of aryl methyl sites for hydroxylation is 1. The zero-order valence-electron chi connectivity index (χ0n) is 19.2. The molecule has 0 atom stereocenters. The molecule has 0 saturated carbocycles. The number of ether oxygens (including phenoxy) is 1. The van der Waals surface area contributed by atoms with Gasteiger partial charge in [0.05, 0.1) is 41.3 Å². The highest BCUT2D eigenvalue weighted by molar-refractivity contribution is 6.12. The van der Waals surface area contributed by atoms with Crippen LogP contribution in [0, 0.1) is 6.92 Å². The molecule has 35 heavy (non-hydrogen) atoms. The van der Waals surface area contributed by atoms with Crippen LogP contribution in [0.2, 0.25) is 0 Å². The number of carbonyl (C=O) groups excluding carboxylic acids is 1. The molecule has 0 spiro atoms. The Labute approximate surface area is 200 Å². The van der Waals surface area contributed by atoms with Crippen LogP contribution in [-0.2, 0) is 0 Å². The molecule has 0 aliphatic carbocycles. The fraction of sp³-hybridized carbons (Fsp3) is 0.0741. The van der Waals surface area contributed by atoms with Crippen molar-refractivity contribution in [1.29, 1.82) is 0 Å². The van der Waals surface area contributed by atoms with Gasteiger partial charge in [0, 0.05) is 16.5 Å². The predicted molar refractivity (Wildman–Crippen MR) is 136 cm³/mol. The van der Waals surface area contributed by atoms with Gasteiger partial charge in [0.15, 0.2) is 0 Å². The molecule has 0 aliphatic rings. The number of rotatable bonds is 5. The van der Waals surface area contributed by atoms with Crippen molar-refractivity contribution in [1.82, 2.24) is 24.7 Å². The Morgan fingerprint density at radius 1 is 1.00 bits per heavy atom. The first-order valence-electron chi connectivity index (χ1n) is 11.1. The van der Waals surface area contributed by atoms with Gasteiger partial charge in [-0.25, -0.2) is 9.67 Å². The number of imidazole rings is 1. The molecule has 0 unspecified atom stereocenters. The number of hydrogen-bond donors (Lipinski definition) is 3. The summed E-state index contributed by atoms with van der Waals surface area (Å²) in [6.45, 7) is 1.90. The number of para-hydroxylation sites is 1. The van der Waals surface area contributed by atoms with Crippen molar-refractivity contribution >= 4 is 33.5 Å². The molecule has 8 nitrogen and oxygen atoms in total. The largest absolute Gasteiger partial charge is 0.496 e. The third-order valence-corrected chi connectivity index (χ3v) is 6.16. The third kappa shape index (κ3) is 3.43. The number of aromatic amines is 2. The maximum absolute atomic E-state index is 13.4. The second-order valence-corrected chi connectivity index (χ2v) is 8.39. The number of H-pyrrole nitrogens is 2. The van der Waals surface area contributed by atoms with Crippen molar-refractivity contribution in [2.45, 2.75) is 6.92 Å². The number of methoxy groups -OCH3 is 1. The molecule has 3 aromatic carbocycles. The zero-order chi connectivity index (χ0) is 24.1. The second kappa shape index (κ2) is 7.88. The Bertz CT molecular complexity index is 1740. The summed E-state index contributed by atoms with van der Waals surface area (Å²) in [6.07, 6.45) is 1.51. The van der Waals surface area contributed by atoms with E-state index in [0.29, 0.717) is 11.3 Å². The van der Waals surface area contributed by atoms with E-state index in [1.807, 2.05) is 73.7 Å². The van der Waals surface area contributed by atoms with Crippen LogP contribution in [0.15, 0.2) is 72.9 Å². The number of benzene rings is 3. The number of anilines is 1. The SMILES string of the molecule is COc1ccccc1-c1ccc2cc(C(=O)c3cnn(-c4ccc5nc(C)[nH]c5c4)c3N)[nH]c2c1. The Balaban J connectivity index is 1.35. The molecule has 6 aromatic rings. The van der Waals surface area contributed by atoms with E-state index in [4.69, 9.17) is 10.5 Å². The van der Waals surface area contributed by atoms with Gasteiger partial charge in [-0.05, 0) is 48.9 Å². The predicted octanol–water partition coefficient (Wildman–Crippen LogP) is 5.03. The lowest BCUT2D eigenvalue weighted by atomic mass is 10.0. The Kier molecular flexibility index (Phi) is 4.67. The third-order valence-electron chi connectivity index (χ3n) is 6.16. The van der Waals surface area contributed by atoms with Gasteiger partial charge in [-0.15, -0.1) is 0 Å². The van der Waals surface area contributed by atoms with Gasteiger partial charge in [-0.1, -0.05) is 30.3 Å². The number of carbonyl (C=O) groups is 1. The highest BCUT2D eigenvalue weighted by atomic mass is 16.5. The number of fused-ring (bicyclic) bond motifs is 2. The molecular weight excluding hydrogens is 440 g/mol. The molecule has 3 aromatic heterocycles. The lowest BCUT2D eigenvalue weighted by Crippen LogP contribution is -2.07. The van der Waals surface area contributed by atoms with Crippen molar-refractivity contribution in [3.05, 3.63) is 90.0 Å². The number of nitrogen functional groups attached to an aromatic ring is 1. The average molecular weight is 463 g/mol. The number of aromatic nitrogens is 5. The van der Waals surface area contributed by atoms with E-state index in [-0.39, 0.29) is 11.6 Å². The highest BCUT2D eigenvalue weighted by Gasteiger charge is 2.20. The molecule has 0 aliphatic heterocycles. The lowest BCUT2D eigenvalue weighted by molar-refractivity contribution is 0.103. The monoisotopic (exact) mass is 462 g/mol. The molecule has 0 radical (unpaired) electrons. The normalized spacial score (nSPS) is 11.4. The number of hydrogen-bond acceptors (Lipinski definition) is 5. The van der Waals surface area contributed by atoms with E-state index in [1.165, 1.54) is 6.20 Å². The summed E-state index contributed by atoms with van der Waals surface area (Å²) in [7, 11) is 1.65. The van der Waals surface area contributed by atoms with Gasteiger partial charge in [-0.2, -0.15) is 5.10 Å². The number of nitrogens with zero attached hydrogens (tertiary/aromatic N) is 3. The molecule has 0 fully saturated rings. The Morgan fingerprint density at radius 2 is 1.86 bits per heavy atom. The second-order valence-electron chi connectivity index (χ2n) is 8.39. The maximum atomic E-state index is 13.4. The minimum absolute atomic E-state index is 0.220. The molecule has 3 heterocycles. The number of nitrogens with two attached hydrogens (primary N) is 1. The minimum atomic E-state index is -0.220. The van der Waals surface area contributed by atoms with E-state index < -0.39 is 0 Å². The van der Waals surface area contributed by atoms with Gasteiger partial charge in [0.2, 0.25) is 5.78 Å². The van der Waals surface area contributed by atoms with Crippen LogP contribution in [0.5, 0.6) is 5.75 Å². The number of nitrogens with one attached hydrogen (secondary N) is 2. The van der Waals surface area contributed by atoms with Crippen molar-refractivity contribution in [2.75, 3.05) is 12.8 Å². The van der Waals surface area contributed by atoms with E-state index in [2.05, 4.69) is 20.1 Å². The van der Waals surface area contributed by atoms with Gasteiger partial charge >= 0.3 is 0 Å². The quantitative estimate of drug-likeness (QED) is 0.311. The van der Waals surface area contributed by atoms with E-state index in [0.717, 1.165) is 50.3 Å². The summed E-state index contributed by atoms with van der Waals surface area (Å²) in [5, 5.41) is 5.31. The number of ketones is 1. The van der Waals surface area contributed by atoms with E-state index in [9.17, 15) is 4.79 Å². The van der Waals surface area contributed by atoms with Gasteiger partial charge in [-0.3, -0.25) is 4.79 Å². The summed E-state index contributed by atoms with van der Waals surface area (Å²) in [4.78, 5) is 24.2. The van der Waals surface area contributed by atoms with Crippen molar-refractivity contribution in [2.24, 2.45) is 0 Å². The van der Waals surface area contributed by atoms with Gasteiger partial charge in [0.25, 0.3) is 0 Å². The summed E-state index contributed by atoms with van der Waals surface area (Å²) in [6, 6.07) is 21.4. The Morgan fingerprint density at radius 3 is 2.71 bits per heavy atom. The zero-order valence-corrected chi connectivity index (χ0v) is 19.2. The minimum Gasteiger partial charge on any atom is -0.496 e. The highest BCUT2D eigenvalue weighted by Crippen LogP contribution is 2.32. The topological polar surface area (TPSA) is 115 Å². The van der Waals surface area contributed by atoms with Crippen LogP contribution < -0.4 is 10.5 Å². The summed E-state index contributed by atoms with van der Waals surface area (Å²) in [5.41, 5.74) is 12.5. The maximum Gasteiger partial charge on any atom is 0.214 e. The first kappa shape index (κ1) is 20.7. The fourth-order valence-electron chi connectivity index (χ4n) is 4.44. The van der Waals surface area contributed by atoms with Crippen molar-refractivity contribution in [3.63, 3.8) is 0 Å². The molecule has 6 rings (SSSR count). The fourth-order valence-corrected chi connectivity index (χ4v) is 4.44. The van der Waals surface area contributed by atoms with Crippen LogP contribution >= 0.6 is 0 Å². The Hall–Kier alpha value is -4.85. The summed E-state index contributed by atoms with van der Waals surface area (Å²) in [5.74, 6) is 1.67. The van der Waals surface area contributed by atoms with E-state index >= 15 is 0 Å². The first-order valence-corrected chi connectivity index (χ1v) is 11.1. The van der Waals surface area contributed by atoms with Crippen LogP contribution in [0.3, 0.4) is 0 Å². The molecular formula is C27H22N6O2. The average Bonchev–Trinajstić information content (AvgIpc) is 3.58. The molecule has 0 bridgehead atoms. The van der Waals surface area contributed by atoms with Crippen molar-refractivity contribution < 1.29 is 9.53 Å². The summed E-state index contributed by atoms with van der Waals surface area (Å²) < 4.78 is 7.06. The molecule has 4 N–H and O–H groups in total. The standard InChI is InChI=1S/C27H22N6O2/c1-15-30-21-10-9-18(13-23(21)31-15)33-27(28)20(14-29-33)26(34)24-12-17-8-7-16(11-22(17)32-24)19-5-3-4-6-25(19)35-2/h3-14,32H,28H2,1-2H3,(H,30,31). The van der Waals surface area contributed by atoms with E-state index in [1.54, 1.807) is 11.8 Å². The molecule has 0 saturated heterocycles. The van der Waals surface area contributed by atoms with Crippen LogP contribution in [0.25, 0.3) is 38.8 Å². The van der Waals surface area contributed by atoms with Crippen LogP contribution in [0.1, 0.15) is 21.9 Å². The first-order chi connectivity index (χ1) is 17.0. The molecule has 8 heteroatoms. The van der Waals surface area contributed by atoms with Crippen LogP contribution in [0.4, 0.5) is 5.82 Å².